The van der Waals surface area contributed by atoms with Crippen LogP contribution in [-0.2, 0) is 4.79 Å². The van der Waals surface area contributed by atoms with E-state index in [0.29, 0.717) is 32.1 Å². The molecule has 5 rings (SSSR count). The van der Waals surface area contributed by atoms with Crippen LogP contribution >= 0.6 is 11.6 Å². The van der Waals surface area contributed by atoms with E-state index < -0.39 is 28.8 Å². The number of carboxylic acid groups (broad SMARTS) is 1. The minimum Gasteiger partial charge on any atom is -0.484 e. The fourth-order valence-electron chi connectivity index (χ4n) is 5.28. The molecule has 3 saturated carbocycles. The Morgan fingerprint density at radius 2 is 1.76 bits per heavy atom. The van der Waals surface area contributed by atoms with Crippen LogP contribution in [0.4, 0.5) is 4.39 Å². The smallest absolute Gasteiger partial charge is 0.336 e. The first-order chi connectivity index (χ1) is 16.1. The average Bonchev–Trinajstić information content (AvgIpc) is 2.81. The summed E-state index contributed by atoms with van der Waals surface area (Å²) >= 11 is 5.67. The normalized spacial score (nSPS) is 25.4. The van der Waals surface area contributed by atoms with E-state index in [1.807, 2.05) is 6.92 Å². The van der Waals surface area contributed by atoms with E-state index in [1.54, 1.807) is 12.1 Å². The summed E-state index contributed by atoms with van der Waals surface area (Å²) in [6, 6.07) is 10.2. The number of fused-ring (bicyclic) bond motifs is 3. The number of benzene rings is 2. The van der Waals surface area contributed by atoms with E-state index in [1.165, 1.54) is 24.3 Å². The highest BCUT2D eigenvalue weighted by Crippen LogP contribution is 2.50. The fraction of sp³-hybridized carbons (Fsp3) is 0.400. The number of rotatable bonds is 7. The zero-order chi connectivity index (χ0) is 24.5. The van der Waals surface area contributed by atoms with Crippen LogP contribution in [0.5, 0.6) is 5.75 Å². The van der Waals surface area contributed by atoms with Gasteiger partial charge in [0, 0.05) is 17.1 Å². The van der Waals surface area contributed by atoms with E-state index in [9.17, 15) is 23.9 Å². The monoisotopic (exact) mass is 488 g/mol. The number of carboxylic acids is 1. The molecule has 3 aliphatic rings. The largest absolute Gasteiger partial charge is 0.484 e. The highest BCUT2D eigenvalue weighted by molar-refractivity contribution is 6.30. The molecule has 1 atom stereocenters. The zero-order valence-electron chi connectivity index (χ0n) is 18.7. The van der Waals surface area contributed by atoms with Crippen molar-refractivity contribution in [1.82, 2.24) is 10.6 Å². The highest BCUT2D eigenvalue weighted by atomic mass is 35.5. The lowest BCUT2D eigenvalue weighted by molar-refractivity contribution is -0.128. The van der Waals surface area contributed by atoms with Crippen LogP contribution in [-0.4, -0.2) is 40.6 Å². The predicted octanol–water partition coefficient (Wildman–Crippen LogP) is 4.19. The number of hydrogen-bond donors (Lipinski definition) is 3. The maximum Gasteiger partial charge on any atom is 0.336 e. The molecule has 3 N–H and O–H groups in total. The van der Waals surface area contributed by atoms with Gasteiger partial charge in [0.15, 0.2) is 6.61 Å². The number of halogens is 2. The first kappa shape index (κ1) is 24.0. The third-order valence-corrected chi connectivity index (χ3v) is 7.48. The van der Waals surface area contributed by atoms with Gasteiger partial charge in [-0.15, -0.1) is 0 Å². The predicted molar refractivity (Wildman–Crippen MR) is 124 cm³/mol. The first-order valence-electron chi connectivity index (χ1n) is 11.2. The quantitative estimate of drug-likeness (QED) is 0.542. The van der Waals surface area contributed by atoms with Crippen molar-refractivity contribution < 1.29 is 28.6 Å². The Bertz CT molecular complexity index is 1130. The number of amides is 2. The SMILES string of the molecule is CC1CC2(NC(=O)c3ccccc3C(=O)O)CCC1(NC(=O)COc1ccc(Cl)c(F)c1)CC2. The molecule has 2 amide bonds. The summed E-state index contributed by atoms with van der Waals surface area (Å²) in [4.78, 5) is 37.1. The third kappa shape index (κ3) is 4.73. The number of ether oxygens (including phenoxy) is 1. The molecular formula is C25H26ClFN2O5. The second-order valence-corrected chi connectivity index (χ2v) is 9.67. The van der Waals surface area contributed by atoms with Crippen molar-refractivity contribution in [2.24, 2.45) is 5.92 Å². The zero-order valence-corrected chi connectivity index (χ0v) is 19.5. The molecule has 7 nitrogen and oxygen atoms in total. The molecule has 3 fully saturated rings. The lowest BCUT2D eigenvalue weighted by atomic mass is 9.56. The van der Waals surface area contributed by atoms with Gasteiger partial charge in [-0.05, 0) is 62.3 Å². The Hall–Kier alpha value is -3.13. The van der Waals surface area contributed by atoms with Crippen LogP contribution in [0.1, 0.15) is 59.7 Å². The molecule has 0 aliphatic heterocycles. The van der Waals surface area contributed by atoms with E-state index in [-0.39, 0.29) is 40.3 Å². The minimum absolute atomic E-state index is 0.0176. The van der Waals surface area contributed by atoms with Crippen molar-refractivity contribution in [3.8, 4) is 5.75 Å². The molecule has 2 aromatic carbocycles. The Labute approximate surface area is 201 Å². The van der Waals surface area contributed by atoms with Crippen LogP contribution in [0.3, 0.4) is 0 Å². The third-order valence-electron chi connectivity index (χ3n) is 7.17. The van der Waals surface area contributed by atoms with Gasteiger partial charge in [0.2, 0.25) is 0 Å². The van der Waals surface area contributed by atoms with Gasteiger partial charge in [0.1, 0.15) is 11.6 Å². The van der Waals surface area contributed by atoms with Crippen molar-refractivity contribution in [3.63, 3.8) is 0 Å². The Kier molecular flexibility index (Phi) is 6.53. The molecule has 2 aromatic rings. The molecule has 2 bridgehead atoms. The topological polar surface area (TPSA) is 105 Å². The number of nitrogens with one attached hydrogen (secondary N) is 2. The van der Waals surface area contributed by atoms with E-state index in [2.05, 4.69) is 10.6 Å². The summed E-state index contributed by atoms with van der Waals surface area (Å²) in [7, 11) is 0. The van der Waals surface area contributed by atoms with E-state index in [0.717, 1.165) is 6.07 Å². The van der Waals surface area contributed by atoms with Crippen LogP contribution in [0.2, 0.25) is 5.02 Å². The molecule has 34 heavy (non-hydrogen) atoms. The summed E-state index contributed by atoms with van der Waals surface area (Å²) in [5.74, 6) is -2.15. The Balaban J connectivity index is 1.37. The summed E-state index contributed by atoms with van der Waals surface area (Å²) < 4.78 is 19.0. The Morgan fingerprint density at radius 1 is 1.09 bits per heavy atom. The van der Waals surface area contributed by atoms with Crippen molar-refractivity contribution >= 4 is 29.4 Å². The van der Waals surface area contributed by atoms with Crippen molar-refractivity contribution in [2.75, 3.05) is 6.61 Å². The molecule has 9 heteroatoms. The van der Waals surface area contributed by atoms with Crippen LogP contribution < -0.4 is 15.4 Å². The summed E-state index contributed by atoms with van der Waals surface area (Å²) in [6.45, 7) is 1.80. The molecule has 0 radical (unpaired) electrons. The van der Waals surface area contributed by atoms with Crippen molar-refractivity contribution in [3.05, 3.63) is 64.4 Å². The molecule has 0 aromatic heterocycles. The van der Waals surface area contributed by atoms with Gasteiger partial charge >= 0.3 is 5.97 Å². The maximum absolute atomic E-state index is 13.6. The average molecular weight is 489 g/mol. The van der Waals surface area contributed by atoms with Gasteiger partial charge in [0.25, 0.3) is 11.8 Å². The standard InChI is InChI=1S/C25H26ClFN2O5/c1-15-13-24(29-22(31)17-4-2-3-5-18(17)23(32)33)8-10-25(15,11-9-24)28-21(30)14-34-16-6-7-19(26)20(27)12-16/h2-7,12,15H,8-11,13-14H2,1H3,(H,28,30)(H,29,31)(H,32,33). The number of carbonyl (C=O) groups excluding carboxylic acids is 2. The number of aromatic carboxylic acids is 1. The van der Waals surface area contributed by atoms with Gasteiger partial charge in [-0.2, -0.15) is 0 Å². The van der Waals surface area contributed by atoms with Crippen molar-refractivity contribution in [1.29, 1.82) is 0 Å². The second kappa shape index (κ2) is 9.25. The Morgan fingerprint density at radius 3 is 2.38 bits per heavy atom. The summed E-state index contributed by atoms with van der Waals surface area (Å²) in [6.07, 6.45) is 3.36. The van der Waals surface area contributed by atoms with Crippen LogP contribution in [0, 0.1) is 11.7 Å². The van der Waals surface area contributed by atoms with Crippen molar-refractivity contribution in [2.45, 2.75) is 50.1 Å². The van der Waals surface area contributed by atoms with Crippen LogP contribution in [0.15, 0.2) is 42.5 Å². The molecule has 1 unspecified atom stereocenters. The lowest BCUT2D eigenvalue weighted by Crippen LogP contribution is -2.67. The highest BCUT2D eigenvalue weighted by Gasteiger charge is 2.54. The van der Waals surface area contributed by atoms with E-state index in [4.69, 9.17) is 16.3 Å². The minimum atomic E-state index is -1.14. The summed E-state index contributed by atoms with van der Waals surface area (Å²) in [5, 5.41) is 15.6. The number of carbonyl (C=O) groups is 3. The maximum atomic E-state index is 13.6. The second-order valence-electron chi connectivity index (χ2n) is 9.26. The molecular weight excluding hydrogens is 463 g/mol. The fourth-order valence-corrected chi connectivity index (χ4v) is 5.40. The van der Waals surface area contributed by atoms with Gasteiger partial charge in [-0.3, -0.25) is 9.59 Å². The molecule has 0 heterocycles. The lowest BCUT2D eigenvalue weighted by Gasteiger charge is -2.57. The summed E-state index contributed by atoms with van der Waals surface area (Å²) in [5.41, 5.74) is -0.731. The number of hydrogen-bond acceptors (Lipinski definition) is 4. The van der Waals surface area contributed by atoms with Gasteiger partial charge in [0.05, 0.1) is 16.1 Å². The van der Waals surface area contributed by atoms with E-state index >= 15 is 0 Å². The molecule has 180 valence electrons. The molecule has 0 spiro atoms. The first-order valence-corrected chi connectivity index (χ1v) is 11.5. The van der Waals surface area contributed by atoms with Crippen LogP contribution in [0.25, 0.3) is 0 Å². The molecule has 3 aliphatic carbocycles. The van der Waals surface area contributed by atoms with Gasteiger partial charge in [-0.25, -0.2) is 9.18 Å². The van der Waals surface area contributed by atoms with Gasteiger partial charge < -0.3 is 20.5 Å². The van der Waals surface area contributed by atoms with Gasteiger partial charge in [-0.1, -0.05) is 30.7 Å². The molecule has 0 saturated heterocycles.